The van der Waals surface area contributed by atoms with Crippen molar-refractivity contribution in [1.29, 1.82) is 0 Å². The largest absolute Gasteiger partial charge is 0.497 e. The van der Waals surface area contributed by atoms with Crippen molar-refractivity contribution in [2.24, 2.45) is 0 Å². The molecule has 0 fully saturated rings. The smallest absolute Gasteiger partial charge is 0.261 e. The Bertz CT molecular complexity index is 426. The summed E-state index contributed by atoms with van der Waals surface area (Å²) in [6.07, 6.45) is 0.661. The van der Waals surface area contributed by atoms with Gasteiger partial charge in [0, 0.05) is 12.6 Å². The molecule has 0 spiro atoms. The van der Waals surface area contributed by atoms with Gasteiger partial charge >= 0.3 is 0 Å². The average Bonchev–Trinajstić information content (AvgIpc) is 2.45. The van der Waals surface area contributed by atoms with E-state index in [-0.39, 0.29) is 0 Å². The van der Waals surface area contributed by atoms with Crippen LogP contribution in [0.25, 0.3) is 0 Å². The van der Waals surface area contributed by atoms with Crippen molar-refractivity contribution < 1.29 is 18.3 Å². The topological polar surface area (TPSA) is 30.5 Å². The van der Waals surface area contributed by atoms with Gasteiger partial charge in [0.05, 0.1) is 13.7 Å². The van der Waals surface area contributed by atoms with Gasteiger partial charge in [-0.2, -0.15) is 0 Å². The SMILES string of the molecule is COc1ccc2c(c1)CC(NCCOCC(F)F)CC2. The number of rotatable bonds is 7. The maximum absolute atomic E-state index is 11.9. The van der Waals surface area contributed by atoms with Crippen LogP contribution in [0.4, 0.5) is 8.78 Å². The lowest BCUT2D eigenvalue weighted by Gasteiger charge is -2.26. The number of hydrogen-bond acceptors (Lipinski definition) is 3. The first-order valence-corrected chi connectivity index (χ1v) is 6.94. The number of halogens is 2. The molecule has 2 rings (SSSR count). The van der Waals surface area contributed by atoms with E-state index in [1.54, 1.807) is 7.11 Å². The summed E-state index contributed by atoms with van der Waals surface area (Å²) < 4.78 is 33.9. The zero-order valence-corrected chi connectivity index (χ0v) is 11.7. The molecular formula is C15H21F2NO2. The fourth-order valence-electron chi connectivity index (χ4n) is 2.54. The van der Waals surface area contributed by atoms with E-state index in [0.717, 1.165) is 25.0 Å². The normalized spacial score (nSPS) is 18.1. The van der Waals surface area contributed by atoms with Gasteiger partial charge < -0.3 is 14.8 Å². The molecule has 0 amide bonds. The highest BCUT2D eigenvalue weighted by Crippen LogP contribution is 2.25. The highest BCUT2D eigenvalue weighted by molar-refractivity contribution is 5.37. The van der Waals surface area contributed by atoms with E-state index in [1.165, 1.54) is 11.1 Å². The molecule has 0 bridgehead atoms. The first-order chi connectivity index (χ1) is 9.69. The molecule has 0 radical (unpaired) electrons. The molecule has 1 aliphatic rings. The predicted octanol–water partition coefficient (Wildman–Crippen LogP) is 2.42. The van der Waals surface area contributed by atoms with Crippen LogP contribution in [0.3, 0.4) is 0 Å². The Morgan fingerprint density at radius 2 is 2.20 bits per heavy atom. The maximum Gasteiger partial charge on any atom is 0.261 e. The zero-order chi connectivity index (χ0) is 14.4. The number of ether oxygens (including phenoxy) is 2. The number of hydrogen-bond donors (Lipinski definition) is 1. The molecule has 0 aromatic heterocycles. The zero-order valence-electron chi connectivity index (χ0n) is 11.7. The van der Waals surface area contributed by atoms with Gasteiger partial charge in [0.25, 0.3) is 6.43 Å². The second kappa shape index (κ2) is 7.55. The van der Waals surface area contributed by atoms with Crippen LogP contribution < -0.4 is 10.1 Å². The monoisotopic (exact) mass is 285 g/mol. The summed E-state index contributed by atoms with van der Waals surface area (Å²) in [5.74, 6) is 0.879. The number of aryl methyl sites for hydroxylation is 1. The lowest BCUT2D eigenvalue weighted by atomic mass is 9.88. The number of alkyl halides is 2. The number of methoxy groups -OCH3 is 1. The first-order valence-electron chi connectivity index (χ1n) is 6.94. The van der Waals surface area contributed by atoms with Crippen LogP contribution >= 0.6 is 0 Å². The lowest BCUT2D eigenvalue weighted by molar-refractivity contribution is 0.0181. The van der Waals surface area contributed by atoms with Gasteiger partial charge in [-0.3, -0.25) is 0 Å². The van der Waals surface area contributed by atoms with Crippen molar-refractivity contribution in [3.8, 4) is 5.75 Å². The van der Waals surface area contributed by atoms with E-state index < -0.39 is 13.0 Å². The minimum Gasteiger partial charge on any atom is -0.497 e. The Hall–Kier alpha value is -1.20. The molecule has 3 nitrogen and oxygen atoms in total. The third kappa shape index (κ3) is 4.42. The van der Waals surface area contributed by atoms with Gasteiger partial charge in [0.2, 0.25) is 0 Å². The lowest BCUT2D eigenvalue weighted by Crippen LogP contribution is -2.36. The fourth-order valence-corrected chi connectivity index (χ4v) is 2.54. The summed E-state index contributed by atoms with van der Waals surface area (Å²) in [6, 6.07) is 6.57. The van der Waals surface area contributed by atoms with Crippen molar-refractivity contribution in [2.45, 2.75) is 31.7 Å². The van der Waals surface area contributed by atoms with Crippen molar-refractivity contribution in [3.05, 3.63) is 29.3 Å². The molecule has 1 aromatic rings. The van der Waals surface area contributed by atoms with Crippen molar-refractivity contribution in [1.82, 2.24) is 5.32 Å². The standard InChI is InChI=1S/C15H21F2NO2/c1-19-14-5-3-11-2-4-13(8-12(11)9-14)18-6-7-20-10-15(16)17/h3,5,9,13,15,18H,2,4,6-8,10H2,1H3. The van der Waals surface area contributed by atoms with E-state index in [4.69, 9.17) is 9.47 Å². The summed E-state index contributed by atoms with van der Waals surface area (Å²) in [4.78, 5) is 0. The van der Waals surface area contributed by atoms with Crippen LogP contribution in [-0.2, 0) is 17.6 Å². The summed E-state index contributed by atoms with van der Waals surface area (Å²) in [7, 11) is 1.67. The van der Waals surface area contributed by atoms with Crippen LogP contribution in [0, 0.1) is 0 Å². The first kappa shape index (κ1) is 15.2. The molecule has 112 valence electrons. The molecular weight excluding hydrogens is 264 g/mol. The molecule has 0 heterocycles. The molecule has 0 saturated carbocycles. The molecule has 1 N–H and O–H groups in total. The number of benzene rings is 1. The molecule has 1 aliphatic carbocycles. The second-order valence-corrected chi connectivity index (χ2v) is 4.99. The van der Waals surface area contributed by atoms with Crippen molar-refractivity contribution in [2.75, 3.05) is 26.9 Å². The molecule has 1 atom stereocenters. The average molecular weight is 285 g/mol. The quantitative estimate of drug-likeness (QED) is 0.781. The molecule has 20 heavy (non-hydrogen) atoms. The van der Waals surface area contributed by atoms with E-state index in [1.807, 2.05) is 6.07 Å². The highest BCUT2D eigenvalue weighted by atomic mass is 19.3. The third-order valence-electron chi connectivity index (χ3n) is 3.57. The Morgan fingerprint density at radius 3 is 2.95 bits per heavy atom. The second-order valence-electron chi connectivity index (χ2n) is 4.99. The molecule has 1 unspecified atom stereocenters. The van der Waals surface area contributed by atoms with E-state index in [0.29, 0.717) is 19.2 Å². The summed E-state index contributed by atoms with van der Waals surface area (Å²) in [5, 5.41) is 3.36. The maximum atomic E-state index is 11.9. The molecule has 0 saturated heterocycles. The Balaban J connectivity index is 1.76. The van der Waals surface area contributed by atoms with Crippen molar-refractivity contribution >= 4 is 0 Å². The van der Waals surface area contributed by atoms with E-state index in [2.05, 4.69) is 17.4 Å². The predicted molar refractivity (Wildman–Crippen MR) is 73.6 cm³/mol. The Morgan fingerprint density at radius 1 is 1.35 bits per heavy atom. The van der Waals surface area contributed by atoms with E-state index in [9.17, 15) is 8.78 Å². The van der Waals surface area contributed by atoms with Crippen LogP contribution in [0.2, 0.25) is 0 Å². The minimum absolute atomic E-state index is 0.325. The van der Waals surface area contributed by atoms with Gasteiger partial charge in [0.15, 0.2) is 0 Å². The van der Waals surface area contributed by atoms with Gasteiger partial charge in [0.1, 0.15) is 12.4 Å². The fraction of sp³-hybridized carbons (Fsp3) is 0.600. The van der Waals surface area contributed by atoms with Gasteiger partial charge in [-0.1, -0.05) is 6.07 Å². The van der Waals surface area contributed by atoms with Crippen LogP contribution in [0.5, 0.6) is 5.75 Å². The van der Waals surface area contributed by atoms with Crippen molar-refractivity contribution in [3.63, 3.8) is 0 Å². The highest BCUT2D eigenvalue weighted by Gasteiger charge is 2.18. The minimum atomic E-state index is -2.39. The summed E-state index contributed by atoms with van der Waals surface area (Å²) in [5.41, 5.74) is 2.68. The number of nitrogens with one attached hydrogen (secondary N) is 1. The van der Waals surface area contributed by atoms with E-state index >= 15 is 0 Å². The molecule has 1 aromatic carbocycles. The summed E-state index contributed by atoms with van der Waals surface area (Å²) in [6.45, 7) is 0.453. The molecule has 5 heteroatoms. The van der Waals surface area contributed by atoms with Gasteiger partial charge in [-0.15, -0.1) is 0 Å². The Labute approximate surface area is 118 Å². The Kier molecular flexibility index (Phi) is 5.73. The molecule has 0 aliphatic heterocycles. The van der Waals surface area contributed by atoms with Crippen LogP contribution in [0.15, 0.2) is 18.2 Å². The van der Waals surface area contributed by atoms with Gasteiger partial charge in [-0.25, -0.2) is 8.78 Å². The van der Waals surface area contributed by atoms with Crippen LogP contribution in [-0.4, -0.2) is 39.3 Å². The van der Waals surface area contributed by atoms with Crippen LogP contribution in [0.1, 0.15) is 17.5 Å². The third-order valence-corrected chi connectivity index (χ3v) is 3.57. The van der Waals surface area contributed by atoms with Gasteiger partial charge in [-0.05, 0) is 42.5 Å². The summed E-state index contributed by atoms with van der Waals surface area (Å²) >= 11 is 0. The number of fused-ring (bicyclic) bond motifs is 1.